The van der Waals surface area contributed by atoms with Crippen LogP contribution < -0.4 is 16.0 Å². The molecule has 0 radical (unpaired) electrons. The summed E-state index contributed by atoms with van der Waals surface area (Å²) in [5.74, 6) is -0.0598. The van der Waals surface area contributed by atoms with Gasteiger partial charge in [-0.3, -0.25) is 10.2 Å². The van der Waals surface area contributed by atoms with Gasteiger partial charge in [-0.25, -0.2) is 9.98 Å². The summed E-state index contributed by atoms with van der Waals surface area (Å²) < 4.78 is 11.0. The molecule has 3 aromatic rings. The highest BCUT2D eigenvalue weighted by atomic mass is 16.5. The number of carbonyl (C=O) groups excluding carboxylic acids is 1. The molecular formula is C27H27N7O3. The number of ether oxygens (including phenoxy) is 2. The van der Waals surface area contributed by atoms with Crippen LogP contribution in [0.25, 0.3) is 0 Å². The molecule has 0 spiro atoms. The molecule has 10 nitrogen and oxygen atoms in total. The van der Waals surface area contributed by atoms with Gasteiger partial charge in [0.05, 0.1) is 30.2 Å². The maximum Gasteiger partial charge on any atom is 0.291 e. The topological polar surface area (TPSA) is 138 Å². The Balaban J connectivity index is 1.44. The second kappa shape index (κ2) is 10.6. The molecule has 0 unspecified atom stereocenters. The van der Waals surface area contributed by atoms with Crippen LogP contribution in [0.1, 0.15) is 22.4 Å². The summed E-state index contributed by atoms with van der Waals surface area (Å²) in [7, 11) is 0. The maximum atomic E-state index is 13.0. The summed E-state index contributed by atoms with van der Waals surface area (Å²) in [4.78, 5) is 28.6. The van der Waals surface area contributed by atoms with Gasteiger partial charge in [0, 0.05) is 29.9 Å². The molecule has 2 aliphatic heterocycles. The molecule has 5 rings (SSSR count). The van der Waals surface area contributed by atoms with Crippen molar-refractivity contribution in [1.29, 1.82) is 5.41 Å². The smallest absolute Gasteiger partial charge is 0.291 e. The minimum atomic E-state index is -1.20. The number of benzodiazepines with no additional fused rings is 1. The van der Waals surface area contributed by atoms with Crippen LogP contribution in [0, 0.1) is 12.3 Å². The number of benzene rings is 2. The number of aryl methyl sites for hydroxylation is 1. The van der Waals surface area contributed by atoms with Crippen molar-refractivity contribution in [3.63, 3.8) is 0 Å². The van der Waals surface area contributed by atoms with Gasteiger partial charge in [0.25, 0.3) is 11.9 Å². The highest BCUT2D eigenvalue weighted by Crippen LogP contribution is 2.25. The van der Waals surface area contributed by atoms with E-state index in [1.807, 2.05) is 66.4 Å². The largest absolute Gasteiger partial charge is 0.407 e. The van der Waals surface area contributed by atoms with E-state index in [-0.39, 0.29) is 11.9 Å². The molecule has 10 heteroatoms. The quantitative estimate of drug-likeness (QED) is 0.374. The number of aromatic nitrogens is 1. The molecule has 0 aliphatic carbocycles. The van der Waals surface area contributed by atoms with Gasteiger partial charge in [-0.05, 0) is 25.1 Å². The van der Waals surface area contributed by atoms with E-state index in [2.05, 4.69) is 20.3 Å². The highest BCUT2D eigenvalue weighted by molar-refractivity contribution is 6.19. The number of nitrogens with one attached hydrogen (secondary N) is 2. The highest BCUT2D eigenvalue weighted by Gasteiger charge is 2.26. The van der Waals surface area contributed by atoms with Gasteiger partial charge in [-0.15, -0.1) is 0 Å². The van der Waals surface area contributed by atoms with Gasteiger partial charge in [-0.1, -0.05) is 48.5 Å². The Morgan fingerprint density at radius 2 is 1.84 bits per heavy atom. The van der Waals surface area contributed by atoms with Crippen LogP contribution >= 0.6 is 0 Å². The van der Waals surface area contributed by atoms with Crippen LogP contribution in [0.3, 0.4) is 0 Å². The van der Waals surface area contributed by atoms with E-state index in [9.17, 15) is 4.79 Å². The fourth-order valence-electron chi connectivity index (χ4n) is 4.20. The van der Waals surface area contributed by atoms with Crippen molar-refractivity contribution in [3.8, 4) is 0 Å². The SMILES string of the molecule is Cc1ccc(C(=N)O/C(N)=N/[C@H]2N=C(c3ccccc3)c3ccccc3NC2=O)c(N2CCOCC2)n1. The monoisotopic (exact) mass is 497 g/mol. The summed E-state index contributed by atoms with van der Waals surface area (Å²) >= 11 is 0. The standard InChI is InChI=1S/C27H27N7O3/c1-17-11-12-20(25(30-17)34-13-15-36-16-14-34)23(28)37-27(29)33-24-26(35)31-21-10-6-5-9-19(21)22(32-24)18-7-3-2-4-8-18/h2-12,24,28H,13-16H2,1H3,(H2,29,33)(H,31,35)/t24-/m1/s1. The molecule has 2 aromatic carbocycles. The Morgan fingerprint density at radius 3 is 2.62 bits per heavy atom. The molecule has 188 valence electrons. The van der Waals surface area contributed by atoms with E-state index in [1.54, 1.807) is 12.1 Å². The number of para-hydroxylation sites is 1. The first-order valence-electron chi connectivity index (χ1n) is 11.9. The lowest BCUT2D eigenvalue weighted by molar-refractivity contribution is -0.117. The van der Waals surface area contributed by atoms with E-state index in [0.29, 0.717) is 49.1 Å². The molecule has 1 saturated heterocycles. The number of pyridine rings is 1. The van der Waals surface area contributed by atoms with Crippen molar-refractivity contribution in [2.45, 2.75) is 13.1 Å². The molecule has 1 atom stereocenters. The second-order valence-electron chi connectivity index (χ2n) is 8.57. The van der Waals surface area contributed by atoms with Gasteiger partial charge in [0.15, 0.2) is 0 Å². The number of amides is 1. The third kappa shape index (κ3) is 5.34. The van der Waals surface area contributed by atoms with Crippen LogP contribution in [0.5, 0.6) is 0 Å². The van der Waals surface area contributed by atoms with E-state index in [4.69, 9.17) is 20.6 Å². The van der Waals surface area contributed by atoms with Gasteiger partial charge in [0.1, 0.15) is 5.82 Å². The van der Waals surface area contributed by atoms with Crippen LogP contribution in [0.2, 0.25) is 0 Å². The number of nitrogens with two attached hydrogens (primary N) is 1. The van der Waals surface area contributed by atoms with E-state index < -0.39 is 12.1 Å². The first kappa shape index (κ1) is 24.1. The Labute approximate surface area is 214 Å². The Morgan fingerprint density at radius 1 is 1.11 bits per heavy atom. The minimum absolute atomic E-state index is 0.222. The van der Waals surface area contributed by atoms with E-state index in [1.165, 1.54) is 0 Å². The van der Waals surface area contributed by atoms with Crippen molar-refractivity contribution in [2.24, 2.45) is 15.7 Å². The molecule has 1 aromatic heterocycles. The van der Waals surface area contributed by atoms with Crippen molar-refractivity contribution in [3.05, 3.63) is 89.1 Å². The molecule has 1 fully saturated rings. The predicted molar refractivity (Wildman–Crippen MR) is 142 cm³/mol. The zero-order valence-corrected chi connectivity index (χ0v) is 20.3. The number of hydrogen-bond donors (Lipinski definition) is 3. The number of anilines is 2. The van der Waals surface area contributed by atoms with Crippen molar-refractivity contribution in [1.82, 2.24) is 4.98 Å². The molecule has 37 heavy (non-hydrogen) atoms. The third-order valence-corrected chi connectivity index (χ3v) is 6.00. The number of morpholine rings is 1. The van der Waals surface area contributed by atoms with E-state index in [0.717, 1.165) is 16.8 Å². The summed E-state index contributed by atoms with van der Waals surface area (Å²) in [5, 5.41) is 11.4. The minimum Gasteiger partial charge on any atom is -0.407 e. The van der Waals surface area contributed by atoms with E-state index >= 15 is 0 Å². The lowest BCUT2D eigenvalue weighted by Crippen LogP contribution is -2.38. The lowest BCUT2D eigenvalue weighted by Gasteiger charge is -2.29. The summed E-state index contributed by atoms with van der Waals surface area (Å²) in [6.07, 6.45) is -1.20. The molecule has 0 saturated carbocycles. The molecule has 1 amide bonds. The van der Waals surface area contributed by atoms with Gasteiger partial charge < -0.3 is 25.4 Å². The molecule has 4 N–H and O–H groups in total. The van der Waals surface area contributed by atoms with Crippen LogP contribution in [0.15, 0.2) is 76.7 Å². The third-order valence-electron chi connectivity index (χ3n) is 6.00. The molecule has 2 aliphatic rings. The van der Waals surface area contributed by atoms with Crippen LogP contribution in [-0.2, 0) is 14.3 Å². The maximum absolute atomic E-state index is 13.0. The first-order valence-corrected chi connectivity index (χ1v) is 11.9. The van der Waals surface area contributed by atoms with Gasteiger partial charge >= 0.3 is 0 Å². The van der Waals surface area contributed by atoms with Crippen molar-refractivity contribution >= 4 is 35.0 Å². The number of hydrogen-bond acceptors (Lipinski definition) is 8. The molecule has 3 heterocycles. The molecule has 0 bridgehead atoms. The number of amidine groups is 1. The zero-order valence-electron chi connectivity index (χ0n) is 20.3. The summed E-state index contributed by atoms with van der Waals surface area (Å²) in [5.41, 5.74) is 10.2. The van der Waals surface area contributed by atoms with Crippen molar-refractivity contribution in [2.75, 3.05) is 36.5 Å². The lowest BCUT2D eigenvalue weighted by atomic mass is 10.0. The normalized spacial score (nSPS) is 17.8. The van der Waals surface area contributed by atoms with Gasteiger partial charge in [0.2, 0.25) is 12.1 Å². The summed E-state index contributed by atoms with van der Waals surface area (Å²) in [6.45, 7) is 4.35. The number of carbonyl (C=O) groups is 1. The van der Waals surface area contributed by atoms with Crippen LogP contribution in [0.4, 0.5) is 11.5 Å². The average Bonchev–Trinajstić information content (AvgIpc) is 3.05. The first-order chi connectivity index (χ1) is 18.0. The molecular weight excluding hydrogens is 470 g/mol. The number of nitrogens with zero attached hydrogens (tertiary/aromatic N) is 4. The number of aliphatic imine (C=N–C) groups is 2. The second-order valence-corrected chi connectivity index (χ2v) is 8.57. The van der Waals surface area contributed by atoms with Gasteiger partial charge in [-0.2, -0.15) is 4.99 Å². The average molecular weight is 498 g/mol. The predicted octanol–water partition coefficient (Wildman–Crippen LogP) is 2.70. The fraction of sp³-hybridized carbons (Fsp3) is 0.222. The fourth-order valence-corrected chi connectivity index (χ4v) is 4.20. The Kier molecular flexibility index (Phi) is 6.91. The number of rotatable bonds is 4. The Hall–Kier alpha value is -4.57. The summed E-state index contributed by atoms with van der Waals surface area (Å²) in [6, 6.07) is 20.2. The van der Waals surface area contributed by atoms with Crippen molar-refractivity contribution < 1.29 is 14.3 Å². The Bertz CT molecular complexity index is 1380. The number of fused-ring (bicyclic) bond motifs is 1. The van der Waals surface area contributed by atoms with Crippen LogP contribution in [-0.4, -0.2) is 61.0 Å². The zero-order chi connectivity index (χ0) is 25.8.